The first-order chi connectivity index (χ1) is 8.20. The SMILES string of the molecule is CCC1CNCCN1Cc1ccc(Br)cc1Cl. The zero-order valence-electron chi connectivity index (χ0n) is 10.0. The Morgan fingerprint density at radius 3 is 3.06 bits per heavy atom. The van der Waals surface area contributed by atoms with Gasteiger partial charge >= 0.3 is 0 Å². The molecule has 1 heterocycles. The number of rotatable bonds is 3. The second-order valence-corrected chi connectivity index (χ2v) is 5.80. The third-order valence-corrected chi connectivity index (χ3v) is 4.18. The standard InChI is InChI=1S/C13H18BrClN2/c1-2-12-8-16-5-6-17(12)9-10-3-4-11(14)7-13(10)15/h3-4,7,12,16H,2,5-6,8-9H2,1H3. The second-order valence-electron chi connectivity index (χ2n) is 4.47. The molecule has 1 aromatic rings. The summed E-state index contributed by atoms with van der Waals surface area (Å²) in [7, 11) is 0. The van der Waals surface area contributed by atoms with Crippen LogP contribution in [0, 0.1) is 0 Å². The largest absolute Gasteiger partial charge is 0.314 e. The predicted octanol–water partition coefficient (Wildman–Crippen LogP) is 3.29. The van der Waals surface area contributed by atoms with E-state index in [1.54, 1.807) is 0 Å². The molecule has 1 aliphatic rings. The average Bonchev–Trinajstić information content (AvgIpc) is 2.33. The Labute approximate surface area is 116 Å². The third-order valence-electron chi connectivity index (χ3n) is 3.33. The molecule has 1 atom stereocenters. The molecule has 0 aliphatic carbocycles. The van der Waals surface area contributed by atoms with Crippen LogP contribution in [0.3, 0.4) is 0 Å². The molecular weight excluding hydrogens is 300 g/mol. The lowest BCUT2D eigenvalue weighted by Gasteiger charge is -2.35. The quantitative estimate of drug-likeness (QED) is 0.920. The molecule has 1 aliphatic heterocycles. The Hall–Kier alpha value is -0.0900. The van der Waals surface area contributed by atoms with Crippen LogP contribution in [0.5, 0.6) is 0 Å². The molecule has 0 bridgehead atoms. The summed E-state index contributed by atoms with van der Waals surface area (Å²) in [6.45, 7) is 6.46. The third kappa shape index (κ3) is 3.44. The molecular formula is C13H18BrClN2. The molecule has 2 nitrogen and oxygen atoms in total. The monoisotopic (exact) mass is 316 g/mol. The van der Waals surface area contributed by atoms with Crippen LogP contribution < -0.4 is 5.32 Å². The van der Waals surface area contributed by atoms with E-state index in [2.05, 4.69) is 45.2 Å². The van der Waals surface area contributed by atoms with E-state index in [1.165, 1.54) is 12.0 Å². The summed E-state index contributed by atoms with van der Waals surface area (Å²) in [5.41, 5.74) is 1.22. The minimum Gasteiger partial charge on any atom is -0.314 e. The van der Waals surface area contributed by atoms with E-state index in [1.807, 2.05) is 6.07 Å². The second kappa shape index (κ2) is 6.19. The molecule has 94 valence electrons. The first-order valence-electron chi connectivity index (χ1n) is 6.09. The zero-order chi connectivity index (χ0) is 12.3. The van der Waals surface area contributed by atoms with Crippen LogP contribution in [0.25, 0.3) is 0 Å². The van der Waals surface area contributed by atoms with Gasteiger partial charge in [-0.15, -0.1) is 0 Å². The van der Waals surface area contributed by atoms with E-state index in [-0.39, 0.29) is 0 Å². The van der Waals surface area contributed by atoms with Crippen molar-refractivity contribution in [3.63, 3.8) is 0 Å². The molecule has 0 aromatic heterocycles. The number of hydrogen-bond acceptors (Lipinski definition) is 2. The molecule has 1 aromatic carbocycles. The summed E-state index contributed by atoms with van der Waals surface area (Å²) in [6, 6.07) is 6.77. The Balaban J connectivity index is 2.08. The van der Waals surface area contributed by atoms with Gasteiger partial charge in [0.25, 0.3) is 0 Å². The molecule has 0 amide bonds. The van der Waals surface area contributed by atoms with Gasteiger partial charge in [0.2, 0.25) is 0 Å². The Kier molecular flexibility index (Phi) is 4.86. The van der Waals surface area contributed by atoms with Crippen molar-refractivity contribution in [3.05, 3.63) is 33.3 Å². The number of halogens is 2. The summed E-state index contributed by atoms with van der Waals surface area (Å²) in [4.78, 5) is 2.52. The summed E-state index contributed by atoms with van der Waals surface area (Å²) in [5, 5.41) is 4.30. The molecule has 0 saturated carbocycles. The first-order valence-corrected chi connectivity index (χ1v) is 7.26. The lowest BCUT2D eigenvalue weighted by molar-refractivity contribution is 0.149. The van der Waals surface area contributed by atoms with Gasteiger partial charge in [-0.3, -0.25) is 4.90 Å². The van der Waals surface area contributed by atoms with Crippen LogP contribution >= 0.6 is 27.5 Å². The fraction of sp³-hybridized carbons (Fsp3) is 0.538. The molecule has 1 fully saturated rings. The number of benzene rings is 1. The fourth-order valence-electron chi connectivity index (χ4n) is 2.28. The van der Waals surface area contributed by atoms with Crippen molar-refractivity contribution in [1.82, 2.24) is 10.2 Å². The van der Waals surface area contributed by atoms with E-state index in [4.69, 9.17) is 11.6 Å². The Morgan fingerprint density at radius 1 is 1.53 bits per heavy atom. The van der Waals surface area contributed by atoms with Crippen LogP contribution in [0.4, 0.5) is 0 Å². The lowest BCUT2D eigenvalue weighted by atomic mass is 10.1. The fourth-order valence-corrected chi connectivity index (χ4v) is 3.02. The Morgan fingerprint density at radius 2 is 2.35 bits per heavy atom. The molecule has 17 heavy (non-hydrogen) atoms. The summed E-state index contributed by atoms with van der Waals surface area (Å²) in [5.74, 6) is 0. The minimum atomic E-state index is 0.628. The van der Waals surface area contributed by atoms with E-state index in [0.29, 0.717) is 6.04 Å². The molecule has 1 saturated heterocycles. The maximum atomic E-state index is 6.27. The maximum Gasteiger partial charge on any atom is 0.0462 e. The van der Waals surface area contributed by atoms with Crippen LogP contribution in [0.15, 0.2) is 22.7 Å². The minimum absolute atomic E-state index is 0.628. The van der Waals surface area contributed by atoms with Gasteiger partial charge in [0.05, 0.1) is 0 Å². The van der Waals surface area contributed by atoms with E-state index in [0.717, 1.165) is 35.7 Å². The van der Waals surface area contributed by atoms with Gasteiger partial charge in [0.15, 0.2) is 0 Å². The molecule has 2 rings (SSSR count). The van der Waals surface area contributed by atoms with Gasteiger partial charge in [0.1, 0.15) is 0 Å². The highest BCUT2D eigenvalue weighted by atomic mass is 79.9. The zero-order valence-corrected chi connectivity index (χ0v) is 12.4. The van der Waals surface area contributed by atoms with Crippen LogP contribution in [-0.2, 0) is 6.54 Å². The number of nitrogens with zero attached hydrogens (tertiary/aromatic N) is 1. The van der Waals surface area contributed by atoms with E-state index in [9.17, 15) is 0 Å². The number of hydrogen-bond donors (Lipinski definition) is 1. The van der Waals surface area contributed by atoms with Crippen molar-refractivity contribution in [1.29, 1.82) is 0 Å². The van der Waals surface area contributed by atoms with Gasteiger partial charge in [-0.25, -0.2) is 0 Å². The molecule has 0 radical (unpaired) electrons. The first kappa shape index (κ1) is 13.3. The molecule has 4 heteroatoms. The van der Waals surface area contributed by atoms with E-state index >= 15 is 0 Å². The van der Waals surface area contributed by atoms with Crippen molar-refractivity contribution < 1.29 is 0 Å². The predicted molar refractivity (Wildman–Crippen MR) is 76.5 cm³/mol. The smallest absolute Gasteiger partial charge is 0.0462 e. The van der Waals surface area contributed by atoms with Crippen molar-refractivity contribution in [2.75, 3.05) is 19.6 Å². The highest BCUT2D eigenvalue weighted by molar-refractivity contribution is 9.10. The summed E-state index contributed by atoms with van der Waals surface area (Å²) in [6.07, 6.45) is 1.18. The Bertz CT molecular complexity index is 384. The number of piperazine rings is 1. The van der Waals surface area contributed by atoms with Crippen LogP contribution in [0.2, 0.25) is 5.02 Å². The number of nitrogens with one attached hydrogen (secondary N) is 1. The average molecular weight is 318 g/mol. The van der Waals surface area contributed by atoms with Crippen LogP contribution in [-0.4, -0.2) is 30.6 Å². The van der Waals surface area contributed by atoms with Gasteiger partial charge in [-0.1, -0.05) is 40.5 Å². The highest BCUT2D eigenvalue weighted by Crippen LogP contribution is 2.23. The molecule has 1 unspecified atom stereocenters. The lowest BCUT2D eigenvalue weighted by Crippen LogP contribution is -2.50. The summed E-state index contributed by atoms with van der Waals surface area (Å²) >= 11 is 9.71. The van der Waals surface area contributed by atoms with Gasteiger partial charge < -0.3 is 5.32 Å². The molecule has 0 spiro atoms. The normalized spacial score (nSPS) is 21.7. The maximum absolute atomic E-state index is 6.27. The van der Waals surface area contributed by atoms with Crippen molar-refractivity contribution in [3.8, 4) is 0 Å². The molecule has 1 N–H and O–H groups in total. The van der Waals surface area contributed by atoms with E-state index < -0.39 is 0 Å². The van der Waals surface area contributed by atoms with Crippen molar-refractivity contribution in [2.24, 2.45) is 0 Å². The van der Waals surface area contributed by atoms with Crippen molar-refractivity contribution in [2.45, 2.75) is 25.9 Å². The van der Waals surface area contributed by atoms with Gasteiger partial charge in [-0.05, 0) is 24.1 Å². The topological polar surface area (TPSA) is 15.3 Å². The summed E-state index contributed by atoms with van der Waals surface area (Å²) < 4.78 is 1.04. The highest BCUT2D eigenvalue weighted by Gasteiger charge is 2.20. The van der Waals surface area contributed by atoms with Crippen LogP contribution in [0.1, 0.15) is 18.9 Å². The van der Waals surface area contributed by atoms with Crippen molar-refractivity contribution >= 4 is 27.5 Å². The van der Waals surface area contributed by atoms with Gasteiger partial charge in [0, 0.05) is 41.7 Å². The van der Waals surface area contributed by atoms with Gasteiger partial charge in [-0.2, -0.15) is 0 Å².